The van der Waals surface area contributed by atoms with Crippen molar-refractivity contribution in [2.24, 2.45) is 0 Å². The van der Waals surface area contributed by atoms with Gasteiger partial charge in [-0.1, -0.05) is 6.07 Å². The molecule has 0 saturated carbocycles. The zero-order chi connectivity index (χ0) is 13.0. The molecule has 0 unspecified atom stereocenters. The number of esters is 1. The molecule has 0 saturated heterocycles. The lowest BCUT2D eigenvalue weighted by atomic mass is 10.1. The molecule has 0 fully saturated rings. The molecule has 0 radical (unpaired) electrons. The van der Waals surface area contributed by atoms with E-state index in [2.05, 4.69) is 0 Å². The van der Waals surface area contributed by atoms with E-state index in [0.717, 1.165) is 11.1 Å². The molecule has 1 aromatic rings. The van der Waals surface area contributed by atoms with Crippen molar-refractivity contribution in [3.63, 3.8) is 0 Å². The van der Waals surface area contributed by atoms with Gasteiger partial charge >= 0.3 is 5.97 Å². The van der Waals surface area contributed by atoms with Gasteiger partial charge in [-0.05, 0) is 51.8 Å². The maximum Gasteiger partial charge on any atom is 0.342 e. The first-order chi connectivity index (χ1) is 7.95. The topological polar surface area (TPSA) is 35.5 Å². The van der Waals surface area contributed by atoms with Crippen molar-refractivity contribution in [1.29, 1.82) is 0 Å². The van der Waals surface area contributed by atoms with Gasteiger partial charge in [0.25, 0.3) is 0 Å². The van der Waals surface area contributed by atoms with E-state index in [1.165, 1.54) is 0 Å². The van der Waals surface area contributed by atoms with E-state index in [1.807, 2.05) is 46.8 Å². The van der Waals surface area contributed by atoms with Gasteiger partial charge in [-0.25, -0.2) is 4.79 Å². The zero-order valence-electron chi connectivity index (χ0n) is 11.2. The summed E-state index contributed by atoms with van der Waals surface area (Å²) >= 11 is 0. The number of hydrogen-bond donors (Lipinski definition) is 0. The summed E-state index contributed by atoms with van der Waals surface area (Å²) in [6.45, 7) is 9.99. The van der Waals surface area contributed by atoms with Crippen LogP contribution in [0, 0.1) is 13.8 Å². The van der Waals surface area contributed by atoms with Crippen LogP contribution in [0.25, 0.3) is 0 Å². The van der Waals surface area contributed by atoms with Crippen LogP contribution in [0.15, 0.2) is 12.1 Å². The summed E-state index contributed by atoms with van der Waals surface area (Å²) in [6.07, 6.45) is -0.127. The Bertz CT molecular complexity index is 408. The van der Waals surface area contributed by atoms with Gasteiger partial charge in [0.15, 0.2) is 0 Å². The predicted octanol–water partition coefficient (Wildman–Crippen LogP) is 3.27. The number of aryl methyl sites for hydroxylation is 2. The third kappa shape index (κ3) is 3.48. The predicted molar refractivity (Wildman–Crippen MR) is 67.6 cm³/mol. The molecule has 0 aliphatic heterocycles. The fourth-order valence-electron chi connectivity index (χ4n) is 1.72. The van der Waals surface area contributed by atoms with Gasteiger partial charge in [0.1, 0.15) is 11.3 Å². The Hall–Kier alpha value is -1.51. The molecule has 0 aromatic heterocycles. The minimum atomic E-state index is -0.324. The van der Waals surface area contributed by atoms with Crippen molar-refractivity contribution in [3.8, 4) is 5.75 Å². The molecule has 0 aliphatic carbocycles. The van der Waals surface area contributed by atoms with E-state index in [1.54, 1.807) is 0 Å². The third-order valence-corrected chi connectivity index (χ3v) is 2.27. The van der Waals surface area contributed by atoms with Crippen LogP contribution in [0.3, 0.4) is 0 Å². The van der Waals surface area contributed by atoms with Crippen LogP contribution in [0.2, 0.25) is 0 Å². The van der Waals surface area contributed by atoms with Crippen molar-refractivity contribution in [2.75, 3.05) is 6.61 Å². The van der Waals surface area contributed by atoms with Crippen molar-refractivity contribution >= 4 is 5.97 Å². The van der Waals surface area contributed by atoms with Crippen molar-refractivity contribution in [1.82, 2.24) is 0 Å². The molecule has 0 atom stereocenters. The van der Waals surface area contributed by atoms with E-state index in [0.29, 0.717) is 17.9 Å². The second-order valence-electron chi connectivity index (χ2n) is 4.35. The highest BCUT2D eigenvalue weighted by molar-refractivity contribution is 5.93. The molecule has 3 nitrogen and oxygen atoms in total. The first-order valence-electron chi connectivity index (χ1n) is 5.90. The monoisotopic (exact) mass is 236 g/mol. The number of ether oxygens (including phenoxy) is 2. The van der Waals surface area contributed by atoms with Gasteiger partial charge in [-0.2, -0.15) is 0 Å². The fourth-order valence-corrected chi connectivity index (χ4v) is 1.72. The van der Waals surface area contributed by atoms with Gasteiger partial charge in [-0.15, -0.1) is 0 Å². The second kappa shape index (κ2) is 5.71. The van der Waals surface area contributed by atoms with Crippen LogP contribution in [0.1, 0.15) is 42.3 Å². The molecule has 0 amide bonds. The number of hydrogen-bond acceptors (Lipinski definition) is 3. The highest BCUT2D eigenvalue weighted by Gasteiger charge is 2.17. The SMILES string of the molecule is CCOc1c(C)cc(C)cc1C(=O)OC(C)C. The Labute approximate surface area is 103 Å². The maximum absolute atomic E-state index is 12.0. The molecule has 1 aromatic carbocycles. The molecule has 0 bridgehead atoms. The number of benzene rings is 1. The summed E-state index contributed by atoms with van der Waals surface area (Å²) in [6, 6.07) is 3.81. The van der Waals surface area contributed by atoms with Gasteiger partial charge in [0, 0.05) is 0 Å². The summed E-state index contributed by atoms with van der Waals surface area (Å²) in [7, 11) is 0. The Morgan fingerprint density at radius 1 is 1.29 bits per heavy atom. The van der Waals surface area contributed by atoms with Crippen LogP contribution < -0.4 is 4.74 Å². The standard InChI is InChI=1S/C14H20O3/c1-6-16-13-11(5)7-10(4)8-12(13)14(15)17-9(2)3/h7-9H,6H2,1-5H3. The van der Waals surface area contributed by atoms with Crippen LogP contribution in [-0.2, 0) is 4.74 Å². The van der Waals surface area contributed by atoms with Crippen molar-refractivity contribution in [3.05, 3.63) is 28.8 Å². The Balaban J connectivity index is 3.15. The largest absolute Gasteiger partial charge is 0.493 e. The molecule has 0 spiro atoms. The average Bonchev–Trinajstić information content (AvgIpc) is 2.20. The smallest absolute Gasteiger partial charge is 0.342 e. The molecule has 3 heteroatoms. The lowest BCUT2D eigenvalue weighted by Gasteiger charge is -2.15. The molecule has 17 heavy (non-hydrogen) atoms. The van der Waals surface area contributed by atoms with E-state index < -0.39 is 0 Å². The van der Waals surface area contributed by atoms with Crippen LogP contribution >= 0.6 is 0 Å². The summed E-state index contributed by atoms with van der Waals surface area (Å²) in [4.78, 5) is 12.0. The Morgan fingerprint density at radius 3 is 2.47 bits per heavy atom. The van der Waals surface area contributed by atoms with E-state index in [-0.39, 0.29) is 12.1 Å². The Kier molecular flexibility index (Phi) is 4.55. The minimum Gasteiger partial charge on any atom is -0.493 e. The van der Waals surface area contributed by atoms with E-state index in [9.17, 15) is 4.79 Å². The van der Waals surface area contributed by atoms with Crippen molar-refractivity contribution < 1.29 is 14.3 Å². The van der Waals surface area contributed by atoms with Gasteiger partial charge < -0.3 is 9.47 Å². The molecule has 0 aliphatic rings. The minimum absolute atomic E-state index is 0.127. The molecule has 1 rings (SSSR count). The first kappa shape index (κ1) is 13.6. The maximum atomic E-state index is 12.0. The normalized spacial score (nSPS) is 10.5. The third-order valence-electron chi connectivity index (χ3n) is 2.27. The quantitative estimate of drug-likeness (QED) is 0.753. The summed E-state index contributed by atoms with van der Waals surface area (Å²) < 4.78 is 10.7. The molecular weight excluding hydrogens is 216 g/mol. The van der Waals surface area contributed by atoms with Gasteiger partial charge in [0.2, 0.25) is 0 Å². The van der Waals surface area contributed by atoms with Gasteiger partial charge in [-0.3, -0.25) is 0 Å². The first-order valence-corrected chi connectivity index (χ1v) is 5.90. The molecule has 94 valence electrons. The van der Waals surface area contributed by atoms with E-state index in [4.69, 9.17) is 9.47 Å². The highest BCUT2D eigenvalue weighted by atomic mass is 16.5. The number of rotatable bonds is 4. The Morgan fingerprint density at radius 2 is 1.94 bits per heavy atom. The average molecular weight is 236 g/mol. The lowest BCUT2D eigenvalue weighted by molar-refractivity contribution is 0.0373. The number of carbonyl (C=O) groups excluding carboxylic acids is 1. The van der Waals surface area contributed by atoms with E-state index >= 15 is 0 Å². The lowest BCUT2D eigenvalue weighted by Crippen LogP contribution is -2.14. The second-order valence-corrected chi connectivity index (χ2v) is 4.35. The zero-order valence-corrected chi connectivity index (χ0v) is 11.2. The fraction of sp³-hybridized carbons (Fsp3) is 0.500. The van der Waals surface area contributed by atoms with Crippen LogP contribution in [0.4, 0.5) is 0 Å². The summed E-state index contributed by atoms with van der Waals surface area (Å²) in [5, 5.41) is 0. The van der Waals surface area contributed by atoms with Crippen LogP contribution in [0.5, 0.6) is 5.75 Å². The highest BCUT2D eigenvalue weighted by Crippen LogP contribution is 2.26. The van der Waals surface area contributed by atoms with Crippen LogP contribution in [-0.4, -0.2) is 18.7 Å². The summed E-state index contributed by atoms with van der Waals surface area (Å²) in [5.74, 6) is 0.305. The van der Waals surface area contributed by atoms with Gasteiger partial charge in [0.05, 0.1) is 12.7 Å². The molecule has 0 N–H and O–H groups in total. The summed E-state index contributed by atoms with van der Waals surface area (Å²) in [5.41, 5.74) is 2.50. The molecular formula is C14H20O3. The molecule has 0 heterocycles. The number of carbonyl (C=O) groups is 1. The van der Waals surface area contributed by atoms with Crippen molar-refractivity contribution in [2.45, 2.75) is 40.7 Å².